The minimum absolute atomic E-state index is 1.37. The molecule has 80 heavy (non-hydrogen) atoms. The molecule has 0 aliphatic heterocycles. The normalized spacial score (nSPS) is 14.2. The van der Waals surface area contributed by atoms with Crippen molar-refractivity contribution < 1.29 is 0 Å². The van der Waals surface area contributed by atoms with Crippen molar-refractivity contribution in [3.05, 3.63) is 154 Å². The summed E-state index contributed by atoms with van der Waals surface area (Å²) in [5.74, 6) is 0. The summed E-state index contributed by atoms with van der Waals surface area (Å²) in [6, 6.07) is 45.2. The minimum Gasteiger partial charge on any atom is -0.0610 e. The second-order valence-electron chi connectivity index (χ2n) is 26.1. The lowest BCUT2D eigenvalue weighted by Gasteiger charge is -2.33. The van der Waals surface area contributed by atoms with E-state index in [4.69, 9.17) is 0 Å². The van der Waals surface area contributed by atoms with E-state index in [0.717, 1.165) is 0 Å². The van der Waals surface area contributed by atoms with Crippen LogP contribution < -0.4 is 0 Å². The van der Waals surface area contributed by atoms with Gasteiger partial charge in [-0.15, -0.1) is 0 Å². The average molecular weight is 1000 g/mol. The Bertz CT molecular complexity index is 6250. The lowest BCUT2D eigenvalue weighted by molar-refractivity contribution is 1.38. The van der Waals surface area contributed by atoms with Crippen LogP contribution in [0.1, 0.15) is 44.5 Å². The molecule has 0 atom stereocenters. The maximum absolute atomic E-state index is 2.73. The first-order valence-corrected chi connectivity index (χ1v) is 29.2. The highest BCUT2D eigenvalue weighted by molar-refractivity contribution is 6.68. The molecule has 24 aromatic carbocycles. The number of rotatable bonds is 0. The topological polar surface area (TPSA) is 0 Å². The first kappa shape index (κ1) is 39.1. The smallest absolute Gasteiger partial charge is 0.0000238 e. The van der Waals surface area contributed by atoms with E-state index in [-0.39, 0.29) is 0 Å². The van der Waals surface area contributed by atoms with Gasteiger partial charge in [-0.25, -0.2) is 0 Å². The molecule has 0 unspecified atom stereocenters. The van der Waals surface area contributed by atoms with Gasteiger partial charge in [-0.2, -0.15) is 0 Å². The second-order valence-corrected chi connectivity index (χ2v) is 26.1. The molecule has 24 rings (SSSR count). The molecule has 0 radical (unpaired) electrons. The number of hydrogen-bond donors (Lipinski definition) is 0. The summed E-state index contributed by atoms with van der Waals surface area (Å²) in [5, 5.41) is 66.5. The zero-order valence-corrected chi connectivity index (χ0v) is 45.4. The molecule has 0 aromatic heterocycles. The standard InChI is InChI=1S/C80H42/c1-27-21-43-35-13-9-17-39-47-25-48-41-19-11-15-37-45-23-29(3)33(7)53-54-34(8)30(4)24-46-38-16-12-20-42-50-26-49-40-18-10-14-36-44-22-28(2)32(6)52-51(31(27)5)59(43)73-67(55(35)39)77-63(47)71-65(48)79-69(57(37)41)75(61(45)53)76(62(46)54)70(58(38)42)80(79)66(50)72(71)64(49)78(77)68(56(36)40)74(73)60(44)52/h9-26H,1-8H3. The maximum Gasteiger partial charge on any atom is -0.0000238 e. The first-order valence-electron chi connectivity index (χ1n) is 29.2. The van der Waals surface area contributed by atoms with Gasteiger partial charge in [0.2, 0.25) is 0 Å². The Morgan fingerprint density at radius 1 is 0.138 bits per heavy atom. The van der Waals surface area contributed by atoms with Crippen molar-refractivity contribution in [3.63, 3.8) is 0 Å². The number of aryl methyl sites for hydroxylation is 8. The molecule has 0 heterocycles. The van der Waals surface area contributed by atoms with Crippen LogP contribution in [0.3, 0.4) is 0 Å². The van der Waals surface area contributed by atoms with Crippen LogP contribution >= 0.6 is 0 Å². The van der Waals surface area contributed by atoms with Crippen molar-refractivity contribution in [2.24, 2.45) is 0 Å². The van der Waals surface area contributed by atoms with Gasteiger partial charge in [0, 0.05) is 0 Å². The quantitative estimate of drug-likeness (QED) is 0.105. The van der Waals surface area contributed by atoms with Crippen molar-refractivity contribution in [2.45, 2.75) is 55.4 Å². The van der Waals surface area contributed by atoms with Crippen LogP contribution in [0.5, 0.6) is 0 Å². The third kappa shape index (κ3) is 3.34. The molecule has 0 fully saturated rings. The molecule has 0 spiro atoms. The Labute approximate surface area is 454 Å². The number of benzene rings is 24. The molecule has 0 aliphatic rings. The van der Waals surface area contributed by atoms with Crippen LogP contribution in [0, 0.1) is 55.4 Å². The van der Waals surface area contributed by atoms with Crippen molar-refractivity contribution in [1.29, 1.82) is 0 Å². The molecule has 24 aromatic rings. The zero-order chi connectivity index (χ0) is 51.9. The summed E-state index contributed by atoms with van der Waals surface area (Å²) in [6.45, 7) is 19.1. The molecular weight excluding hydrogens is 961 g/mol. The SMILES string of the molecule is Cc1cc2c3cccc4c5cc6c7cccc8c9cc(C)c(C)c%10c%11c(C)c(C)cc%12c%13cccc%14c%15cc%16c%17cccc%18c%19cc(C)c(C)c%20c(c1C)c2c1c(c34)c2c5c3c6c4c(c87)c(c9%10)c(c%12%11)c(c%13%14)c4c%15c3c%16c2c(c%18%17)c1c%19%20. The van der Waals surface area contributed by atoms with Gasteiger partial charge in [-0.1, -0.05) is 97.1 Å². The Kier molecular flexibility index (Phi) is 5.50. The van der Waals surface area contributed by atoms with E-state index in [1.54, 1.807) is 0 Å². The predicted octanol–water partition coefficient (Wildman–Crippen LogP) is 23.4. The van der Waals surface area contributed by atoms with E-state index in [0.29, 0.717) is 0 Å². The van der Waals surface area contributed by atoms with Gasteiger partial charge in [0.25, 0.3) is 0 Å². The molecule has 0 saturated heterocycles. The second kappa shape index (κ2) is 11.3. The van der Waals surface area contributed by atoms with Crippen LogP contribution in [0.25, 0.3) is 248 Å². The first-order chi connectivity index (χ1) is 39.1. The van der Waals surface area contributed by atoms with Crippen molar-refractivity contribution >= 4 is 248 Å². The van der Waals surface area contributed by atoms with Crippen LogP contribution in [0.15, 0.2) is 109 Å². The highest BCUT2D eigenvalue weighted by atomic mass is 14.4. The van der Waals surface area contributed by atoms with E-state index in [9.17, 15) is 0 Å². The fraction of sp³-hybridized carbons (Fsp3) is 0.100. The molecule has 0 nitrogen and oxygen atoms in total. The molecule has 0 heteroatoms. The van der Waals surface area contributed by atoms with Gasteiger partial charge < -0.3 is 0 Å². The maximum atomic E-state index is 2.73. The Morgan fingerprint density at radius 2 is 0.287 bits per heavy atom. The van der Waals surface area contributed by atoms with Crippen LogP contribution in [0.2, 0.25) is 0 Å². The Hall–Kier alpha value is -9.36. The summed E-state index contributed by atoms with van der Waals surface area (Å²) in [6.07, 6.45) is 0. The lowest BCUT2D eigenvalue weighted by atomic mass is 9.68. The average Bonchev–Trinajstić information content (AvgIpc) is 0.862. The summed E-state index contributed by atoms with van der Waals surface area (Å²) < 4.78 is 0. The third-order valence-corrected chi connectivity index (χ3v) is 23.4. The summed E-state index contributed by atoms with van der Waals surface area (Å²) >= 11 is 0. The van der Waals surface area contributed by atoms with Gasteiger partial charge in [0.1, 0.15) is 0 Å². The molecule has 0 amide bonds. The van der Waals surface area contributed by atoms with E-state index >= 15 is 0 Å². The fourth-order valence-electron chi connectivity index (χ4n) is 20.1. The van der Waals surface area contributed by atoms with Gasteiger partial charge in [-0.05, 0) is 360 Å². The van der Waals surface area contributed by atoms with Crippen molar-refractivity contribution in [3.8, 4) is 0 Å². The predicted molar refractivity (Wildman–Crippen MR) is 352 cm³/mol. The van der Waals surface area contributed by atoms with Gasteiger partial charge in [-0.3, -0.25) is 0 Å². The van der Waals surface area contributed by atoms with Crippen LogP contribution in [-0.4, -0.2) is 0 Å². The molecule has 362 valence electrons. The fourth-order valence-corrected chi connectivity index (χ4v) is 20.1. The van der Waals surface area contributed by atoms with Crippen molar-refractivity contribution in [2.75, 3.05) is 0 Å². The van der Waals surface area contributed by atoms with Crippen molar-refractivity contribution in [1.82, 2.24) is 0 Å². The Morgan fingerprint density at radius 3 is 0.487 bits per heavy atom. The minimum atomic E-state index is 1.37. The Balaban J connectivity index is 1.15. The van der Waals surface area contributed by atoms with Gasteiger partial charge in [0.05, 0.1) is 0 Å². The van der Waals surface area contributed by atoms with E-state index in [1.165, 1.54) is 292 Å². The zero-order valence-electron chi connectivity index (χ0n) is 45.4. The number of fused-ring (bicyclic) bond motifs is 10. The molecule has 0 saturated carbocycles. The van der Waals surface area contributed by atoms with Crippen LogP contribution in [0.4, 0.5) is 0 Å². The monoisotopic (exact) mass is 1000 g/mol. The van der Waals surface area contributed by atoms with Gasteiger partial charge >= 0.3 is 0 Å². The highest BCUT2D eigenvalue weighted by Crippen LogP contribution is 2.67. The largest absolute Gasteiger partial charge is 0.0610 e. The highest BCUT2D eigenvalue weighted by Gasteiger charge is 2.38. The molecular formula is C80H42. The van der Waals surface area contributed by atoms with E-state index in [1.807, 2.05) is 0 Å². The van der Waals surface area contributed by atoms with E-state index < -0.39 is 0 Å². The molecule has 0 aliphatic carbocycles. The molecule has 0 bridgehead atoms. The van der Waals surface area contributed by atoms with Gasteiger partial charge in [0.15, 0.2) is 0 Å². The third-order valence-electron chi connectivity index (χ3n) is 23.4. The van der Waals surface area contributed by atoms with E-state index in [2.05, 4.69) is 165 Å². The summed E-state index contributed by atoms with van der Waals surface area (Å²) in [5.41, 5.74) is 11.1. The molecule has 0 N–H and O–H groups in total. The summed E-state index contributed by atoms with van der Waals surface area (Å²) in [7, 11) is 0. The van der Waals surface area contributed by atoms with Crippen LogP contribution in [-0.2, 0) is 0 Å². The lowest BCUT2D eigenvalue weighted by Crippen LogP contribution is -2.05. The number of hydrogen-bond acceptors (Lipinski definition) is 0. The summed E-state index contributed by atoms with van der Waals surface area (Å²) in [4.78, 5) is 0.